The molecule has 0 unspecified atom stereocenters. The van der Waals surface area contributed by atoms with Crippen LogP contribution in [0.1, 0.15) is 32.8 Å². The number of ether oxygens (including phenoxy) is 1. The van der Waals surface area contributed by atoms with Crippen molar-refractivity contribution in [3.63, 3.8) is 0 Å². The quantitative estimate of drug-likeness (QED) is 0.579. The first kappa shape index (κ1) is 21.7. The molecule has 1 amide bonds. The van der Waals surface area contributed by atoms with Crippen molar-refractivity contribution in [2.45, 2.75) is 70.2 Å². The summed E-state index contributed by atoms with van der Waals surface area (Å²) < 4.78 is 11.9. The highest BCUT2D eigenvalue weighted by atomic mass is 28.4. The van der Waals surface area contributed by atoms with Crippen LogP contribution in [0, 0.1) is 0 Å². The molecule has 1 saturated heterocycles. The van der Waals surface area contributed by atoms with Gasteiger partial charge < -0.3 is 14.3 Å². The van der Waals surface area contributed by atoms with Gasteiger partial charge in [0.1, 0.15) is 12.7 Å². The van der Waals surface area contributed by atoms with E-state index >= 15 is 0 Å². The highest BCUT2D eigenvalue weighted by Gasteiger charge is 2.48. The van der Waals surface area contributed by atoms with Gasteiger partial charge in [0.05, 0.1) is 18.7 Å². The van der Waals surface area contributed by atoms with Gasteiger partial charge in [0.15, 0.2) is 8.32 Å². The molecule has 0 spiro atoms. The van der Waals surface area contributed by atoms with E-state index in [0.29, 0.717) is 13.0 Å². The van der Waals surface area contributed by atoms with Gasteiger partial charge in [0, 0.05) is 0 Å². The molecule has 0 aromatic heterocycles. The van der Waals surface area contributed by atoms with Gasteiger partial charge in [0.25, 0.3) is 0 Å². The Hall–Kier alpha value is -1.63. The monoisotopic (exact) mass is 391 g/mol. The minimum absolute atomic E-state index is 0.0297. The lowest BCUT2D eigenvalue weighted by atomic mass is 10.1. The van der Waals surface area contributed by atoms with Crippen LogP contribution in [0.5, 0.6) is 0 Å². The number of benzene rings is 1. The van der Waals surface area contributed by atoms with E-state index in [9.17, 15) is 9.90 Å². The summed E-state index contributed by atoms with van der Waals surface area (Å²) >= 11 is 0. The second kappa shape index (κ2) is 8.58. The number of aliphatic hydroxyl groups is 1. The molecule has 1 heterocycles. The van der Waals surface area contributed by atoms with E-state index in [4.69, 9.17) is 9.16 Å². The molecule has 1 aliphatic heterocycles. The van der Waals surface area contributed by atoms with Crippen molar-refractivity contribution in [1.82, 2.24) is 4.90 Å². The summed E-state index contributed by atoms with van der Waals surface area (Å²) in [5.41, 5.74) is 0.930. The van der Waals surface area contributed by atoms with Gasteiger partial charge in [-0.15, -0.1) is 6.58 Å². The number of carbonyl (C=O) groups excluding carboxylic acids is 1. The van der Waals surface area contributed by atoms with E-state index in [0.717, 1.165) is 5.56 Å². The number of amides is 1. The van der Waals surface area contributed by atoms with Crippen molar-refractivity contribution >= 4 is 14.4 Å². The zero-order chi connectivity index (χ0) is 20.2. The number of aliphatic hydroxyl groups excluding tert-OH is 1. The van der Waals surface area contributed by atoms with Crippen LogP contribution in [0.2, 0.25) is 18.1 Å². The van der Waals surface area contributed by atoms with Crippen molar-refractivity contribution < 1.29 is 19.1 Å². The molecule has 0 radical (unpaired) electrons. The molecule has 27 heavy (non-hydrogen) atoms. The van der Waals surface area contributed by atoms with Crippen molar-refractivity contribution in [1.29, 1.82) is 0 Å². The Bertz CT molecular complexity index is 641. The fourth-order valence-corrected chi connectivity index (χ4v) is 4.31. The fraction of sp³-hybridized carbons (Fsp3) is 0.571. The minimum atomic E-state index is -2.06. The third kappa shape index (κ3) is 5.21. The van der Waals surface area contributed by atoms with Gasteiger partial charge in [-0.2, -0.15) is 0 Å². The molecule has 0 bridgehead atoms. The first-order chi connectivity index (χ1) is 12.6. The molecule has 1 N–H and O–H groups in total. The Morgan fingerprint density at radius 1 is 1.33 bits per heavy atom. The number of nitrogens with zero attached hydrogens (tertiary/aromatic N) is 1. The predicted octanol–water partition coefficient (Wildman–Crippen LogP) is 4.33. The number of hydrogen-bond donors (Lipinski definition) is 1. The Morgan fingerprint density at radius 3 is 2.52 bits per heavy atom. The molecule has 1 fully saturated rings. The largest absolute Gasteiger partial charge is 0.445 e. The van der Waals surface area contributed by atoms with Crippen LogP contribution in [0.15, 0.2) is 43.0 Å². The average molecular weight is 392 g/mol. The van der Waals surface area contributed by atoms with Gasteiger partial charge in [0.2, 0.25) is 0 Å². The highest BCUT2D eigenvalue weighted by molar-refractivity contribution is 6.74. The number of carbonyl (C=O) groups is 1. The van der Waals surface area contributed by atoms with Crippen LogP contribution in [-0.4, -0.2) is 49.2 Å². The molecule has 5 nitrogen and oxygen atoms in total. The normalized spacial score (nSPS) is 23.3. The topological polar surface area (TPSA) is 59.0 Å². The fourth-order valence-electron chi connectivity index (χ4n) is 2.98. The van der Waals surface area contributed by atoms with Crippen molar-refractivity contribution in [2.75, 3.05) is 6.54 Å². The number of likely N-dealkylation sites (tertiary alicyclic amines) is 1. The summed E-state index contributed by atoms with van der Waals surface area (Å²) in [5.74, 6) is 0. The lowest BCUT2D eigenvalue weighted by molar-refractivity contribution is 0.0421. The third-order valence-corrected chi connectivity index (χ3v) is 10.2. The van der Waals surface area contributed by atoms with Crippen LogP contribution in [0.3, 0.4) is 0 Å². The zero-order valence-electron chi connectivity index (χ0n) is 17.1. The van der Waals surface area contributed by atoms with Crippen molar-refractivity contribution in [3.05, 3.63) is 48.6 Å². The maximum atomic E-state index is 12.7. The Kier molecular flexibility index (Phi) is 6.89. The van der Waals surface area contributed by atoms with Gasteiger partial charge in [-0.1, -0.05) is 57.2 Å². The average Bonchev–Trinajstić information content (AvgIpc) is 2.89. The van der Waals surface area contributed by atoms with E-state index in [-0.39, 0.29) is 17.7 Å². The smallest absolute Gasteiger partial charge is 0.410 e. The lowest BCUT2D eigenvalue weighted by Crippen LogP contribution is -2.47. The Balaban J connectivity index is 2.08. The predicted molar refractivity (Wildman–Crippen MR) is 110 cm³/mol. The van der Waals surface area contributed by atoms with Gasteiger partial charge in [-0.25, -0.2) is 4.79 Å². The zero-order valence-corrected chi connectivity index (χ0v) is 18.1. The molecule has 150 valence electrons. The third-order valence-electron chi connectivity index (χ3n) is 5.65. The van der Waals surface area contributed by atoms with Crippen LogP contribution < -0.4 is 0 Å². The van der Waals surface area contributed by atoms with Gasteiger partial charge >= 0.3 is 6.09 Å². The summed E-state index contributed by atoms with van der Waals surface area (Å²) in [6, 6.07) is 9.19. The molecule has 0 aliphatic carbocycles. The molecule has 0 saturated carbocycles. The van der Waals surface area contributed by atoms with Crippen LogP contribution in [0.25, 0.3) is 0 Å². The lowest BCUT2D eigenvalue weighted by Gasteiger charge is -2.39. The second-order valence-corrected chi connectivity index (χ2v) is 13.4. The van der Waals surface area contributed by atoms with E-state index in [1.165, 1.54) is 0 Å². The second-order valence-electron chi connectivity index (χ2n) is 8.69. The van der Waals surface area contributed by atoms with E-state index in [1.807, 2.05) is 30.3 Å². The van der Waals surface area contributed by atoms with Gasteiger partial charge in [-0.3, -0.25) is 4.90 Å². The maximum absolute atomic E-state index is 12.7. The SMILES string of the molecule is C=CC[C@H]1[C@@H](O)[C@@H](O[Si](C)(C)C(C)(C)C)CN1C(=O)OCc1ccccc1. The molecule has 1 aromatic carbocycles. The number of hydrogen-bond acceptors (Lipinski definition) is 4. The standard InChI is InChI=1S/C21H33NO4Si/c1-7-11-17-19(23)18(26-27(5,6)21(2,3)4)14-22(17)20(24)25-15-16-12-9-8-10-13-16/h7-10,12-13,17-19,23H,1,11,14-15H2,2-6H3/t17-,18-,19+/m0/s1. The van der Waals surface area contributed by atoms with E-state index in [1.54, 1.807) is 11.0 Å². The summed E-state index contributed by atoms with van der Waals surface area (Å²) in [6.45, 7) is 15.1. The van der Waals surface area contributed by atoms with Crippen LogP contribution in [-0.2, 0) is 15.8 Å². The van der Waals surface area contributed by atoms with Crippen LogP contribution >= 0.6 is 0 Å². The summed E-state index contributed by atoms with van der Waals surface area (Å²) in [6.07, 6.45) is 0.645. The Labute approximate surface area is 164 Å². The molecule has 2 rings (SSSR count). The molecule has 1 aliphatic rings. The molecule has 6 heteroatoms. The van der Waals surface area contributed by atoms with E-state index in [2.05, 4.69) is 40.4 Å². The summed E-state index contributed by atoms with van der Waals surface area (Å²) in [7, 11) is -2.06. The molecular weight excluding hydrogens is 358 g/mol. The summed E-state index contributed by atoms with van der Waals surface area (Å²) in [4.78, 5) is 14.3. The molecular formula is C21H33NO4Si. The number of rotatable bonds is 6. The minimum Gasteiger partial charge on any atom is -0.445 e. The summed E-state index contributed by atoms with van der Waals surface area (Å²) in [5, 5.41) is 10.8. The van der Waals surface area contributed by atoms with E-state index < -0.39 is 26.6 Å². The first-order valence-electron chi connectivity index (χ1n) is 9.51. The van der Waals surface area contributed by atoms with Crippen molar-refractivity contribution in [3.8, 4) is 0 Å². The first-order valence-corrected chi connectivity index (χ1v) is 12.4. The maximum Gasteiger partial charge on any atom is 0.410 e. The Morgan fingerprint density at radius 2 is 1.96 bits per heavy atom. The van der Waals surface area contributed by atoms with Crippen LogP contribution in [0.4, 0.5) is 4.79 Å². The highest BCUT2D eigenvalue weighted by Crippen LogP contribution is 2.39. The van der Waals surface area contributed by atoms with Gasteiger partial charge in [-0.05, 0) is 30.1 Å². The molecule has 3 atom stereocenters. The van der Waals surface area contributed by atoms with Crippen molar-refractivity contribution in [2.24, 2.45) is 0 Å². The molecule has 1 aromatic rings.